The molecule has 0 unspecified atom stereocenters. The van der Waals surface area contributed by atoms with Gasteiger partial charge in [0, 0.05) is 10.7 Å². The highest BCUT2D eigenvalue weighted by Crippen LogP contribution is 2.31. The first kappa shape index (κ1) is 16.7. The zero-order chi connectivity index (χ0) is 15.3. The minimum absolute atomic E-state index is 0.173. The number of hydrogen-bond acceptors (Lipinski definition) is 5. The van der Waals surface area contributed by atoms with Crippen molar-refractivity contribution < 1.29 is 27.1 Å². The smallest absolute Gasteiger partial charge is 0.338 e. The Hall–Kier alpha value is -1.34. The third-order valence-corrected chi connectivity index (χ3v) is 3.77. The van der Waals surface area contributed by atoms with Crippen molar-refractivity contribution in [1.82, 2.24) is 0 Å². The first-order valence-electron chi connectivity index (χ1n) is 5.80. The molecule has 0 radical (unpaired) electrons. The molecule has 0 saturated carbocycles. The van der Waals surface area contributed by atoms with Gasteiger partial charge < -0.3 is 9.47 Å². The Labute approximate surface area is 121 Å². The van der Waals surface area contributed by atoms with Crippen molar-refractivity contribution in [2.75, 3.05) is 13.7 Å². The number of esters is 1. The zero-order valence-electron chi connectivity index (χ0n) is 11.0. The maximum Gasteiger partial charge on any atom is 0.338 e. The van der Waals surface area contributed by atoms with E-state index in [1.54, 1.807) is 0 Å². The lowest BCUT2D eigenvalue weighted by atomic mass is 10.2. The van der Waals surface area contributed by atoms with E-state index in [2.05, 4.69) is 4.74 Å². The molecule has 8 heteroatoms. The first-order valence-corrected chi connectivity index (χ1v) is 8.11. The van der Waals surface area contributed by atoms with Gasteiger partial charge in [-0.15, -0.1) is 0 Å². The predicted molar refractivity (Wildman–Crippen MR) is 71.2 cm³/mol. The zero-order valence-corrected chi connectivity index (χ0v) is 12.6. The largest absolute Gasteiger partial charge is 0.492 e. The number of carbonyl (C=O) groups excluding carboxylic acids is 1. The highest BCUT2D eigenvalue weighted by molar-refractivity contribution is 8.13. The summed E-state index contributed by atoms with van der Waals surface area (Å²) in [5.41, 5.74) is -0.237. The molecule has 0 N–H and O–H groups in total. The van der Waals surface area contributed by atoms with Crippen molar-refractivity contribution in [3.63, 3.8) is 0 Å². The summed E-state index contributed by atoms with van der Waals surface area (Å²) in [6.07, 6.45) is 1.48. The van der Waals surface area contributed by atoms with Gasteiger partial charge in [-0.3, -0.25) is 0 Å². The summed E-state index contributed by atoms with van der Waals surface area (Å²) in [4.78, 5) is 11.1. The maximum atomic E-state index is 13.7. The van der Waals surface area contributed by atoms with Gasteiger partial charge in [0.2, 0.25) is 0 Å². The van der Waals surface area contributed by atoms with Crippen molar-refractivity contribution in [1.29, 1.82) is 0 Å². The first-order chi connectivity index (χ1) is 9.31. The summed E-state index contributed by atoms with van der Waals surface area (Å²) in [5, 5.41) is 0. The summed E-state index contributed by atoms with van der Waals surface area (Å²) >= 11 is 0. The number of unbranched alkanes of at least 4 members (excludes halogenated alkanes) is 1. The number of carbonyl (C=O) groups is 1. The fourth-order valence-corrected chi connectivity index (χ4v) is 2.47. The highest BCUT2D eigenvalue weighted by Gasteiger charge is 2.24. The van der Waals surface area contributed by atoms with Gasteiger partial charge in [-0.2, -0.15) is 0 Å². The molecule has 0 bridgehead atoms. The summed E-state index contributed by atoms with van der Waals surface area (Å²) < 4.78 is 46.0. The average Bonchev–Trinajstić information content (AvgIpc) is 2.36. The highest BCUT2D eigenvalue weighted by atomic mass is 35.7. The van der Waals surface area contributed by atoms with Crippen LogP contribution in [0, 0.1) is 5.82 Å². The summed E-state index contributed by atoms with van der Waals surface area (Å²) in [5.74, 6) is -2.36. The van der Waals surface area contributed by atoms with E-state index in [0.29, 0.717) is 6.42 Å². The van der Waals surface area contributed by atoms with E-state index in [9.17, 15) is 17.6 Å². The van der Waals surface area contributed by atoms with Crippen LogP contribution >= 0.6 is 10.7 Å². The molecule has 0 heterocycles. The van der Waals surface area contributed by atoms with Gasteiger partial charge in [0.15, 0.2) is 11.6 Å². The van der Waals surface area contributed by atoms with Gasteiger partial charge >= 0.3 is 5.97 Å². The lowest BCUT2D eigenvalue weighted by Crippen LogP contribution is -2.09. The second kappa shape index (κ2) is 6.90. The fraction of sp³-hybridized carbons (Fsp3) is 0.417. The van der Waals surface area contributed by atoms with Crippen molar-refractivity contribution >= 4 is 25.7 Å². The number of methoxy groups -OCH3 is 1. The van der Waals surface area contributed by atoms with E-state index in [-0.39, 0.29) is 12.2 Å². The van der Waals surface area contributed by atoms with Gasteiger partial charge in [-0.1, -0.05) is 13.3 Å². The van der Waals surface area contributed by atoms with E-state index in [1.165, 1.54) is 0 Å². The minimum Gasteiger partial charge on any atom is -0.492 e. The monoisotopic (exact) mass is 324 g/mol. The molecule has 0 aliphatic heterocycles. The second-order valence-corrected chi connectivity index (χ2v) is 6.45. The van der Waals surface area contributed by atoms with Crippen LogP contribution < -0.4 is 4.74 Å². The lowest BCUT2D eigenvalue weighted by molar-refractivity contribution is 0.0498. The molecule has 0 saturated heterocycles. The summed E-state index contributed by atoms with van der Waals surface area (Å²) in [7, 11) is 2.04. The van der Waals surface area contributed by atoms with Gasteiger partial charge in [0.25, 0.3) is 9.05 Å². The number of halogens is 2. The van der Waals surface area contributed by atoms with E-state index in [4.69, 9.17) is 15.4 Å². The van der Waals surface area contributed by atoms with Crippen LogP contribution in [0.1, 0.15) is 30.1 Å². The van der Waals surface area contributed by atoms with Crippen molar-refractivity contribution in [3.05, 3.63) is 23.5 Å². The molecule has 20 heavy (non-hydrogen) atoms. The normalized spacial score (nSPS) is 11.2. The summed E-state index contributed by atoms with van der Waals surface area (Å²) in [6.45, 7) is 2.09. The van der Waals surface area contributed by atoms with Crippen LogP contribution in [0.2, 0.25) is 0 Å². The molecular weight excluding hydrogens is 311 g/mol. The van der Waals surface area contributed by atoms with Crippen molar-refractivity contribution in [2.24, 2.45) is 0 Å². The fourth-order valence-electron chi connectivity index (χ4n) is 1.46. The molecule has 0 spiro atoms. The average molecular weight is 325 g/mol. The lowest BCUT2D eigenvalue weighted by Gasteiger charge is -2.10. The molecule has 112 valence electrons. The molecule has 0 atom stereocenters. The molecular formula is C12H14ClFO5S. The van der Waals surface area contributed by atoms with E-state index < -0.39 is 31.5 Å². The SMILES string of the molecule is CCCCOC(=O)c1cc(F)c(OC)c(S(=O)(=O)Cl)c1. The number of hydrogen-bond donors (Lipinski definition) is 0. The van der Waals surface area contributed by atoms with Gasteiger partial charge in [-0.25, -0.2) is 17.6 Å². The Morgan fingerprint density at radius 3 is 2.55 bits per heavy atom. The molecule has 1 aromatic carbocycles. The predicted octanol–water partition coefficient (Wildman–Crippen LogP) is 2.72. The van der Waals surface area contributed by atoms with E-state index in [0.717, 1.165) is 25.7 Å². The van der Waals surface area contributed by atoms with Crippen LogP contribution in [0.25, 0.3) is 0 Å². The van der Waals surface area contributed by atoms with Crippen LogP contribution in [0.4, 0.5) is 4.39 Å². The Balaban J connectivity index is 3.18. The number of ether oxygens (including phenoxy) is 2. The molecule has 1 aromatic rings. The molecule has 0 aliphatic carbocycles. The number of benzene rings is 1. The topological polar surface area (TPSA) is 69.7 Å². The molecule has 0 aromatic heterocycles. The third kappa shape index (κ3) is 4.08. The molecule has 5 nitrogen and oxygen atoms in total. The van der Waals surface area contributed by atoms with Crippen LogP contribution in [0.3, 0.4) is 0 Å². The molecule has 0 amide bonds. The van der Waals surface area contributed by atoms with Crippen LogP contribution in [-0.2, 0) is 13.8 Å². The van der Waals surface area contributed by atoms with Crippen molar-refractivity contribution in [2.45, 2.75) is 24.7 Å². The molecule has 1 rings (SSSR count). The van der Waals surface area contributed by atoms with Gasteiger partial charge in [0.05, 0.1) is 19.3 Å². The molecule has 0 fully saturated rings. The Kier molecular flexibility index (Phi) is 5.76. The summed E-state index contributed by atoms with van der Waals surface area (Å²) in [6, 6.07) is 1.78. The Bertz CT molecular complexity index is 600. The van der Waals surface area contributed by atoms with Crippen LogP contribution in [0.15, 0.2) is 17.0 Å². The number of rotatable bonds is 6. The third-order valence-electron chi connectivity index (χ3n) is 2.44. The van der Waals surface area contributed by atoms with Gasteiger partial charge in [0.1, 0.15) is 4.90 Å². The Morgan fingerprint density at radius 1 is 1.40 bits per heavy atom. The quantitative estimate of drug-likeness (QED) is 0.457. The standard InChI is InChI=1S/C12H14ClFO5S/c1-3-4-5-19-12(15)8-6-9(14)11(18-2)10(7-8)20(13,16)17/h6-7H,3-5H2,1-2H3. The maximum absolute atomic E-state index is 13.7. The van der Waals surface area contributed by atoms with Crippen LogP contribution in [0.5, 0.6) is 5.75 Å². The van der Waals surface area contributed by atoms with E-state index >= 15 is 0 Å². The minimum atomic E-state index is -4.25. The van der Waals surface area contributed by atoms with Crippen molar-refractivity contribution in [3.8, 4) is 5.75 Å². The Morgan fingerprint density at radius 2 is 2.05 bits per heavy atom. The van der Waals surface area contributed by atoms with E-state index in [1.807, 2.05) is 6.92 Å². The van der Waals surface area contributed by atoms with Crippen LogP contribution in [-0.4, -0.2) is 28.1 Å². The molecule has 0 aliphatic rings. The second-order valence-electron chi connectivity index (χ2n) is 3.92. The van der Waals surface area contributed by atoms with Gasteiger partial charge in [-0.05, 0) is 18.6 Å².